The highest BCUT2D eigenvalue weighted by Gasteiger charge is 2.15. The van der Waals surface area contributed by atoms with Crippen LogP contribution in [-0.2, 0) is 11.2 Å². The molecule has 0 heterocycles. The molecule has 0 fully saturated rings. The van der Waals surface area contributed by atoms with Gasteiger partial charge >= 0.3 is 5.97 Å². The number of nitrogens with two attached hydrogens (primary N) is 1. The molecular formula is C14H19NO2. The predicted octanol–water partition coefficient (Wildman–Crippen LogP) is 2.37. The first kappa shape index (κ1) is 13.5. The first-order chi connectivity index (χ1) is 8.06. The fourth-order valence-corrected chi connectivity index (χ4v) is 1.93. The molecule has 0 bridgehead atoms. The molecular weight excluding hydrogens is 214 g/mol. The molecule has 92 valence electrons. The van der Waals surface area contributed by atoms with E-state index in [0.29, 0.717) is 18.4 Å². The summed E-state index contributed by atoms with van der Waals surface area (Å²) >= 11 is 0. The van der Waals surface area contributed by atoms with Crippen molar-refractivity contribution < 1.29 is 9.90 Å². The van der Waals surface area contributed by atoms with Crippen molar-refractivity contribution in [3.05, 3.63) is 47.0 Å². The van der Waals surface area contributed by atoms with Gasteiger partial charge in [-0.05, 0) is 30.9 Å². The minimum absolute atomic E-state index is 0.224. The van der Waals surface area contributed by atoms with Crippen molar-refractivity contribution >= 4 is 5.97 Å². The van der Waals surface area contributed by atoms with E-state index in [2.05, 4.69) is 0 Å². The van der Waals surface area contributed by atoms with Crippen molar-refractivity contribution in [3.8, 4) is 0 Å². The maximum Gasteiger partial charge on any atom is 0.331 e. The summed E-state index contributed by atoms with van der Waals surface area (Å²) in [4.78, 5) is 10.9. The molecule has 0 aliphatic heterocycles. The Morgan fingerprint density at radius 2 is 1.94 bits per heavy atom. The van der Waals surface area contributed by atoms with Gasteiger partial charge in [-0.1, -0.05) is 37.3 Å². The maximum atomic E-state index is 10.9. The van der Waals surface area contributed by atoms with Gasteiger partial charge in [0.2, 0.25) is 0 Å². The number of hydrogen-bond acceptors (Lipinski definition) is 2. The third kappa shape index (κ3) is 3.71. The number of carboxylic acid groups (broad SMARTS) is 1. The Bertz CT molecular complexity index is 409. The van der Waals surface area contributed by atoms with Gasteiger partial charge in [0.05, 0.1) is 0 Å². The molecule has 0 saturated heterocycles. The fourth-order valence-electron chi connectivity index (χ4n) is 1.93. The summed E-state index contributed by atoms with van der Waals surface area (Å²) in [6.45, 7) is 3.55. The van der Waals surface area contributed by atoms with Crippen LogP contribution < -0.4 is 5.73 Å². The minimum Gasteiger partial charge on any atom is -0.478 e. The molecule has 3 nitrogen and oxygen atoms in total. The quantitative estimate of drug-likeness (QED) is 0.767. The number of aliphatic carboxylic acids is 1. The molecule has 1 rings (SSSR count). The van der Waals surface area contributed by atoms with Gasteiger partial charge in [0.1, 0.15) is 0 Å². The highest BCUT2D eigenvalue weighted by atomic mass is 16.4. The van der Waals surface area contributed by atoms with Crippen LogP contribution in [0.4, 0.5) is 0 Å². The van der Waals surface area contributed by atoms with E-state index >= 15 is 0 Å². The molecule has 0 radical (unpaired) electrons. The second kappa shape index (κ2) is 6.21. The molecule has 0 aliphatic rings. The average Bonchev–Trinajstić information content (AvgIpc) is 2.30. The van der Waals surface area contributed by atoms with Crippen LogP contribution in [0.5, 0.6) is 0 Å². The molecule has 3 heteroatoms. The zero-order chi connectivity index (χ0) is 12.8. The maximum absolute atomic E-state index is 10.9. The van der Waals surface area contributed by atoms with Crippen LogP contribution in [0.1, 0.15) is 25.8 Å². The number of carboxylic acids is 1. The largest absolute Gasteiger partial charge is 0.478 e. The van der Waals surface area contributed by atoms with Crippen LogP contribution in [0.15, 0.2) is 41.5 Å². The summed E-state index contributed by atoms with van der Waals surface area (Å²) in [5.41, 5.74) is 8.40. The van der Waals surface area contributed by atoms with Crippen molar-refractivity contribution in [3.63, 3.8) is 0 Å². The molecule has 0 aliphatic carbocycles. The van der Waals surface area contributed by atoms with E-state index in [1.807, 2.05) is 37.3 Å². The first-order valence-electron chi connectivity index (χ1n) is 5.78. The van der Waals surface area contributed by atoms with Crippen LogP contribution in [0.25, 0.3) is 0 Å². The van der Waals surface area contributed by atoms with Crippen molar-refractivity contribution in [2.45, 2.75) is 32.7 Å². The van der Waals surface area contributed by atoms with Crippen molar-refractivity contribution in [2.24, 2.45) is 5.73 Å². The van der Waals surface area contributed by atoms with Crippen LogP contribution in [0.2, 0.25) is 0 Å². The van der Waals surface area contributed by atoms with Crippen LogP contribution in [-0.4, -0.2) is 17.1 Å². The molecule has 1 aromatic rings. The zero-order valence-electron chi connectivity index (χ0n) is 10.3. The standard InChI is InChI=1S/C14H19NO2/c1-3-12(10(2)14(16)17)13(15)9-11-7-5-4-6-8-11/h4-8,13H,3,9,15H2,1-2H3,(H,16,17). The van der Waals surface area contributed by atoms with E-state index in [9.17, 15) is 4.79 Å². The van der Waals surface area contributed by atoms with Crippen LogP contribution in [0, 0.1) is 0 Å². The Kier molecular flexibility index (Phi) is 4.91. The average molecular weight is 233 g/mol. The van der Waals surface area contributed by atoms with Crippen LogP contribution in [0.3, 0.4) is 0 Å². The van der Waals surface area contributed by atoms with Gasteiger partial charge < -0.3 is 10.8 Å². The van der Waals surface area contributed by atoms with Crippen LogP contribution >= 0.6 is 0 Å². The summed E-state index contributed by atoms with van der Waals surface area (Å²) in [6.07, 6.45) is 1.35. The number of hydrogen-bond donors (Lipinski definition) is 2. The molecule has 0 saturated carbocycles. The molecule has 0 aromatic heterocycles. The monoisotopic (exact) mass is 233 g/mol. The lowest BCUT2D eigenvalue weighted by molar-refractivity contribution is -0.132. The molecule has 1 unspecified atom stereocenters. The van der Waals surface area contributed by atoms with Gasteiger partial charge in [-0.2, -0.15) is 0 Å². The molecule has 3 N–H and O–H groups in total. The SMILES string of the molecule is CCC(=C(C)C(=O)O)C(N)Cc1ccccc1. The molecule has 0 spiro atoms. The Labute approximate surface area is 102 Å². The molecule has 1 atom stereocenters. The highest BCUT2D eigenvalue weighted by molar-refractivity contribution is 5.87. The Morgan fingerprint density at radius 1 is 1.35 bits per heavy atom. The van der Waals surface area contributed by atoms with Crippen molar-refractivity contribution in [1.29, 1.82) is 0 Å². The van der Waals surface area contributed by atoms with Crippen molar-refractivity contribution in [1.82, 2.24) is 0 Å². The van der Waals surface area contributed by atoms with Gasteiger partial charge in [0.15, 0.2) is 0 Å². The third-order valence-electron chi connectivity index (χ3n) is 2.93. The van der Waals surface area contributed by atoms with Gasteiger partial charge in [-0.3, -0.25) is 0 Å². The number of carbonyl (C=O) groups is 1. The lowest BCUT2D eigenvalue weighted by Gasteiger charge is -2.16. The van der Waals surface area contributed by atoms with E-state index in [-0.39, 0.29) is 6.04 Å². The summed E-state index contributed by atoms with van der Waals surface area (Å²) in [5.74, 6) is -0.884. The fraction of sp³-hybridized carbons (Fsp3) is 0.357. The second-order valence-electron chi connectivity index (χ2n) is 4.11. The molecule has 0 amide bonds. The van der Waals surface area contributed by atoms with E-state index in [0.717, 1.165) is 11.1 Å². The predicted molar refractivity (Wildman–Crippen MR) is 68.7 cm³/mol. The topological polar surface area (TPSA) is 63.3 Å². The summed E-state index contributed by atoms with van der Waals surface area (Å²) in [6, 6.07) is 9.65. The minimum atomic E-state index is -0.884. The lowest BCUT2D eigenvalue weighted by Crippen LogP contribution is -2.27. The van der Waals surface area contributed by atoms with Crippen molar-refractivity contribution in [2.75, 3.05) is 0 Å². The van der Waals surface area contributed by atoms with Gasteiger partial charge in [-0.25, -0.2) is 4.79 Å². The normalized spacial score (nSPS) is 14.1. The summed E-state index contributed by atoms with van der Waals surface area (Å²) < 4.78 is 0. The smallest absolute Gasteiger partial charge is 0.331 e. The highest BCUT2D eigenvalue weighted by Crippen LogP contribution is 2.16. The van der Waals surface area contributed by atoms with Gasteiger partial charge in [0, 0.05) is 11.6 Å². The van der Waals surface area contributed by atoms with Gasteiger partial charge in [0.25, 0.3) is 0 Å². The van der Waals surface area contributed by atoms with E-state index in [4.69, 9.17) is 10.8 Å². The Morgan fingerprint density at radius 3 is 2.41 bits per heavy atom. The first-order valence-corrected chi connectivity index (χ1v) is 5.78. The molecule has 17 heavy (non-hydrogen) atoms. The zero-order valence-corrected chi connectivity index (χ0v) is 10.3. The van der Waals surface area contributed by atoms with E-state index < -0.39 is 5.97 Å². The Balaban J connectivity index is 2.85. The number of rotatable bonds is 5. The van der Waals surface area contributed by atoms with Gasteiger partial charge in [-0.15, -0.1) is 0 Å². The third-order valence-corrected chi connectivity index (χ3v) is 2.93. The number of benzene rings is 1. The second-order valence-corrected chi connectivity index (χ2v) is 4.11. The summed E-state index contributed by atoms with van der Waals surface area (Å²) in [7, 11) is 0. The molecule has 1 aromatic carbocycles. The Hall–Kier alpha value is -1.61. The van der Waals surface area contributed by atoms with E-state index in [1.54, 1.807) is 6.92 Å². The lowest BCUT2D eigenvalue weighted by atomic mass is 9.94. The van der Waals surface area contributed by atoms with E-state index in [1.165, 1.54) is 0 Å². The summed E-state index contributed by atoms with van der Waals surface area (Å²) in [5, 5.41) is 8.99.